The van der Waals surface area contributed by atoms with Crippen molar-refractivity contribution in [3.8, 4) is 0 Å². The standard InChI is InChI=1S/C13H11F3N2O2/c14-13(15,16)8-2-1-3-9(6-8)18-12(19)10-7-20-5-4-11(10)17-18/h1-3,6,10H,4-5,7H2. The van der Waals surface area contributed by atoms with Gasteiger partial charge in [-0.3, -0.25) is 4.79 Å². The molecule has 0 radical (unpaired) electrons. The number of hydrazone groups is 1. The van der Waals surface area contributed by atoms with Crippen LogP contribution in [0.5, 0.6) is 0 Å². The number of amides is 1. The number of fused-ring (bicyclic) bond motifs is 1. The third-order valence-corrected chi connectivity index (χ3v) is 3.34. The first-order chi connectivity index (χ1) is 9.47. The lowest BCUT2D eigenvalue weighted by atomic mass is 10.00. The molecule has 0 spiro atoms. The van der Waals surface area contributed by atoms with Crippen molar-refractivity contribution in [1.82, 2.24) is 0 Å². The van der Waals surface area contributed by atoms with Crippen LogP contribution < -0.4 is 5.01 Å². The fourth-order valence-electron chi connectivity index (χ4n) is 2.31. The minimum Gasteiger partial charge on any atom is -0.380 e. The maximum Gasteiger partial charge on any atom is 0.416 e. The lowest BCUT2D eigenvalue weighted by molar-refractivity contribution is -0.137. The van der Waals surface area contributed by atoms with Crippen LogP contribution in [-0.4, -0.2) is 24.8 Å². The highest BCUT2D eigenvalue weighted by Crippen LogP contribution is 2.33. The molecular formula is C13H11F3N2O2. The predicted octanol–water partition coefficient (Wildman–Crippen LogP) is 2.44. The SMILES string of the molecule is O=C1C2COCCC2=NN1c1cccc(C(F)(F)F)c1. The Morgan fingerprint density at radius 1 is 1.35 bits per heavy atom. The van der Waals surface area contributed by atoms with Crippen molar-refractivity contribution in [2.75, 3.05) is 18.2 Å². The van der Waals surface area contributed by atoms with Crippen molar-refractivity contribution in [3.63, 3.8) is 0 Å². The van der Waals surface area contributed by atoms with E-state index >= 15 is 0 Å². The number of carbonyl (C=O) groups excluding carboxylic acids is 1. The van der Waals surface area contributed by atoms with Gasteiger partial charge in [0.15, 0.2) is 0 Å². The van der Waals surface area contributed by atoms with Crippen LogP contribution in [0.4, 0.5) is 18.9 Å². The monoisotopic (exact) mass is 284 g/mol. The van der Waals surface area contributed by atoms with Crippen molar-refractivity contribution in [3.05, 3.63) is 29.8 Å². The van der Waals surface area contributed by atoms with Gasteiger partial charge in [0.25, 0.3) is 5.91 Å². The first kappa shape index (κ1) is 13.1. The number of hydrogen-bond donors (Lipinski definition) is 0. The number of halogens is 3. The largest absolute Gasteiger partial charge is 0.416 e. The van der Waals surface area contributed by atoms with E-state index in [9.17, 15) is 18.0 Å². The summed E-state index contributed by atoms with van der Waals surface area (Å²) in [4.78, 5) is 12.2. The van der Waals surface area contributed by atoms with Gasteiger partial charge in [0.1, 0.15) is 5.92 Å². The van der Waals surface area contributed by atoms with Crippen LogP contribution in [-0.2, 0) is 15.7 Å². The van der Waals surface area contributed by atoms with Gasteiger partial charge in [-0.2, -0.15) is 18.3 Å². The van der Waals surface area contributed by atoms with Gasteiger partial charge in [-0.05, 0) is 18.2 Å². The summed E-state index contributed by atoms with van der Waals surface area (Å²) in [5.41, 5.74) is 0.0134. The molecule has 1 amide bonds. The summed E-state index contributed by atoms with van der Waals surface area (Å²) in [6, 6.07) is 4.60. The van der Waals surface area contributed by atoms with E-state index in [0.717, 1.165) is 17.1 Å². The molecule has 0 N–H and O–H groups in total. The van der Waals surface area contributed by atoms with Gasteiger partial charge in [-0.25, -0.2) is 5.01 Å². The van der Waals surface area contributed by atoms with Crippen LogP contribution >= 0.6 is 0 Å². The third kappa shape index (κ3) is 2.18. The van der Waals surface area contributed by atoms with Gasteiger partial charge in [-0.1, -0.05) is 6.07 Å². The number of ether oxygens (including phenoxy) is 1. The molecule has 0 aliphatic carbocycles. The number of nitrogens with zero attached hydrogens (tertiary/aromatic N) is 2. The van der Waals surface area contributed by atoms with Crippen LogP contribution in [0.1, 0.15) is 12.0 Å². The van der Waals surface area contributed by atoms with Crippen molar-refractivity contribution in [2.45, 2.75) is 12.6 Å². The van der Waals surface area contributed by atoms with Crippen LogP contribution in [0.25, 0.3) is 0 Å². The lowest BCUT2D eigenvalue weighted by Gasteiger charge is -2.18. The summed E-state index contributed by atoms with van der Waals surface area (Å²) in [7, 11) is 0. The minimum atomic E-state index is -4.44. The molecule has 0 aromatic heterocycles. The highest BCUT2D eigenvalue weighted by molar-refractivity contribution is 6.15. The molecule has 7 heteroatoms. The first-order valence-electron chi connectivity index (χ1n) is 6.13. The first-order valence-corrected chi connectivity index (χ1v) is 6.13. The highest BCUT2D eigenvalue weighted by atomic mass is 19.4. The summed E-state index contributed by atoms with van der Waals surface area (Å²) in [5.74, 6) is -0.794. The average molecular weight is 284 g/mol. The molecule has 0 saturated carbocycles. The molecule has 1 saturated heterocycles. The second-order valence-electron chi connectivity index (χ2n) is 4.67. The number of carbonyl (C=O) groups is 1. The minimum absolute atomic E-state index is 0.131. The van der Waals surface area contributed by atoms with Crippen LogP contribution in [0.2, 0.25) is 0 Å². The Bertz CT molecular complexity index is 583. The topological polar surface area (TPSA) is 41.9 Å². The van der Waals surface area contributed by atoms with Crippen molar-refractivity contribution >= 4 is 17.3 Å². The summed E-state index contributed by atoms with van der Waals surface area (Å²) in [5, 5.41) is 5.18. The summed E-state index contributed by atoms with van der Waals surface area (Å²) >= 11 is 0. The zero-order chi connectivity index (χ0) is 14.3. The second kappa shape index (κ2) is 4.59. The molecule has 106 valence electrons. The van der Waals surface area contributed by atoms with Crippen molar-refractivity contribution in [2.24, 2.45) is 11.0 Å². The second-order valence-corrected chi connectivity index (χ2v) is 4.67. The molecule has 1 aromatic rings. The Morgan fingerprint density at radius 3 is 2.85 bits per heavy atom. The van der Waals surface area contributed by atoms with Gasteiger partial charge in [0.05, 0.1) is 30.2 Å². The Balaban J connectivity index is 1.94. The quantitative estimate of drug-likeness (QED) is 0.795. The molecule has 3 rings (SSSR count). The number of anilines is 1. The molecule has 1 aromatic carbocycles. The molecule has 20 heavy (non-hydrogen) atoms. The van der Waals surface area contributed by atoms with Crippen LogP contribution in [0, 0.1) is 5.92 Å². The van der Waals surface area contributed by atoms with E-state index < -0.39 is 17.7 Å². The van der Waals surface area contributed by atoms with Crippen LogP contribution in [0.3, 0.4) is 0 Å². The smallest absolute Gasteiger partial charge is 0.380 e. The van der Waals surface area contributed by atoms with Gasteiger partial charge < -0.3 is 4.74 Å². The Hall–Kier alpha value is -1.89. The van der Waals surface area contributed by atoms with E-state index in [1.165, 1.54) is 12.1 Å². The molecule has 4 nitrogen and oxygen atoms in total. The van der Waals surface area contributed by atoms with E-state index in [-0.39, 0.29) is 18.2 Å². The number of hydrogen-bond acceptors (Lipinski definition) is 3. The zero-order valence-electron chi connectivity index (χ0n) is 10.4. The molecule has 1 fully saturated rings. The van der Waals surface area contributed by atoms with E-state index in [0.29, 0.717) is 18.7 Å². The molecular weight excluding hydrogens is 273 g/mol. The number of benzene rings is 1. The van der Waals surface area contributed by atoms with Gasteiger partial charge >= 0.3 is 6.18 Å². The molecule has 1 unspecified atom stereocenters. The normalized spacial score (nSPS) is 22.8. The van der Waals surface area contributed by atoms with E-state index in [1.54, 1.807) is 0 Å². The van der Waals surface area contributed by atoms with E-state index in [2.05, 4.69) is 5.10 Å². The van der Waals surface area contributed by atoms with E-state index in [1.807, 2.05) is 0 Å². The third-order valence-electron chi connectivity index (χ3n) is 3.34. The van der Waals surface area contributed by atoms with Gasteiger partial charge in [0.2, 0.25) is 0 Å². The van der Waals surface area contributed by atoms with E-state index in [4.69, 9.17) is 4.74 Å². The Morgan fingerprint density at radius 2 is 2.15 bits per heavy atom. The summed E-state index contributed by atoms with van der Waals surface area (Å²) < 4.78 is 43.3. The van der Waals surface area contributed by atoms with Crippen molar-refractivity contribution < 1.29 is 22.7 Å². The average Bonchev–Trinajstić information content (AvgIpc) is 2.76. The Kier molecular flexibility index (Phi) is 3.01. The van der Waals surface area contributed by atoms with Gasteiger partial charge in [0, 0.05) is 6.42 Å². The van der Waals surface area contributed by atoms with Gasteiger partial charge in [-0.15, -0.1) is 0 Å². The highest BCUT2D eigenvalue weighted by Gasteiger charge is 2.39. The number of alkyl halides is 3. The zero-order valence-corrected chi connectivity index (χ0v) is 10.4. The fraction of sp³-hybridized carbons (Fsp3) is 0.385. The predicted molar refractivity (Wildman–Crippen MR) is 65.3 cm³/mol. The van der Waals surface area contributed by atoms with Crippen molar-refractivity contribution in [1.29, 1.82) is 0 Å². The molecule has 1 atom stereocenters. The fourth-order valence-corrected chi connectivity index (χ4v) is 2.31. The lowest BCUT2D eigenvalue weighted by Crippen LogP contribution is -2.33. The summed E-state index contributed by atoms with van der Waals surface area (Å²) in [6.07, 6.45) is -3.91. The summed E-state index contributed by atoms with van der Waals surface area (Å²) in [6.45, 7) is 0.728. The molecule has 0 bridgehead atoms. The molecule has 2 aliphatic heterocycles. The Labute approximate surface area is 112 Å². The van der Waals surface area contributed by atoms with Crippen LogP contribution in [0.15, 0.2) is 29.4 Å². The number of rotatable bonds is 1. The molecule has 2 heterocycles. The maximum atomic E-state index is 12.7. The molecule has 2 aliphatic rings. The maximum absolute atomic E-state index is 12.7.